The fourth-order valence-electron chi connectivity index (χ4n) is 3.35. The van der Waals surface area contributed by atoms with Crippen molar-refractivity contribution in [2.24, 2.45) is 0 Å². The number of hydrogen-bond donors (Lipinski definition) is 3. The van der Waals surface area contributed by atoms with Crippen molar-refractivity contribution in [3.8, 4) is 0 Å². The average Bonchev–Trinajstić information content (AvgIpc) is 3.10. The monoisotopic (exact) mass is 285 g/mol. The van der Waals surface area contributed by atoms with Gasteiger partial charge in [0.25, 0.3) is 5.91 Å². The van der Waals surface area contributed by atoms with Crippen LogP contribution in [0, 0.1) is 6.92 Å². The van der Waals surface area contributed by atoms with Gasteiger partial charge >= 0.3 is 0 Å². The second-order valence-corrected chi connectivity index (χ2v) is 5.86. The molecular formula is C17H23N3O. The second-order valence-electron chi connectivity index (χ2n) is 5.86. The first-order valence-corrected chi connectivity index (χ1v) is 7.82. The fourth-order valence-corrected chi connectivity index (χ4v) is 3.35. The number of H-pyrrole nitrogens is 1. The van der Waals surface area contributed by atoms with Crippen molar-refractivity contribution in [3.63, 3.8) is 0 Å². The summed E-state index contributed by atoms with van der Waals surface area (Å²) >= 11 is 0. The first kappa shape index (κ1) is 14.1. The number of para-hydroxylation sites is 1. The molecule has 112 valence electrons. The normalized spacial score (nSPS) is 19.8. The molecule has 0 spiro atoms. The lowest BCUT2D eigenvalue weighted by atomic mass is 10.0. The van der Waals surface area contributed by atoms with Gasteiger partial charge in [0, 0.05) is 28.7 Å². The van der Waals surface area contributed by atoms with Gasteiger partial charge in [-0.15, -0.1) is 0 Å². The summed E-state index contributed by atoms with van der Waals surface area (Å²) in [5, 5.41) is 7.71. The minimum Gasteiger partial charge on any atom is -0.358 e. The van der Waals surface area contributed by atoms with E-state index >= 15 is 0 Å². The number of carbonyl (C=O) groups is 1. The second kappa shape index (κ2) is 5.90. The Morgan fingerprint density at radius 1 is 1.43 bits per heavy atom. The van der Waals surface area contributed by atoms with Crippen LogP contribution >= 0.6 is 0 Å². The van der Waals surface area contributed by atoms with E-state index in [1.165, 1.54) is 6.42 Å². The fraction of sp³-hybridized carbons (Fsp3) is 0.471. The van der Waals surface area contributed by atoms with Crippen molar-refractivity contribution in [2.45, 2.75) is 45.2 Å². The molecule has 4 heteroatoms. The van der Waals surface area contributed by atoms with Crippen molar-refractivity contribution < 1.29 is 4.79 Å². The highest BCUT2D eigenvalue weighted by Crippen LogP contribution is 2.22. The number of carbonyl (C=O) groups excluding carboxylic acids is 1. The van der Waals surface area contributed by atoms with Crippen molar-refractivity contribution in [1.29, 1.82) is 0 Å². The Labute approximate surface area is 125 Å². The first-order chi connectivity index (χ1) is 10.2. The van der Waals surface area contributed by atoms with E-state index < -0.39 is 0 Å². The third-order valence-electron chi connectivity index (χ3n) is 4.46. The maximum absolute atomic E-state index is 12.7. The highest BCUT2D eigenvalue weighted by Gasteiger charge is 2.26. The van der Waals surface area contributed by atoms with Crippen LogP contribution in [0.3, 0.4) is 0 Å². The molecule has 1 aromatic heterocycles. The minimum atomic E-state index is 0.0329. The molecule has 0 radical (unpaired) electrons. The molecule has 1 amide bonds. The Hall–Kier alpha value is -1.81. The van der Waals surface area contributed by atoms with Crippen LogP contribution in [0.2, 0.25) is 0 Å². The topological polar surface area (TPSA) is 56.9 Å². The lowest BCUT2D eigenvalue weighted by Gasteiger charge is -2.23. The summed E-state index contributed by atoms with van der Waals surface area (Å²) < 4.78 is 0. The summed E-state index contributed by atoms with van der Waals surface area (Å²) in [6.45, 7) is 5.15. The molecule has 0 saturated carbocycles. The van der Waals surface area contributed by atoms with Crippen molar-refractivity contribution in [1.82, 2.24) is 15.6 Å². The Bertz CT molecular complexity index is 641. The molecule has 2 heterocycles. The molecule has 4 nitrogen and oxygen atoms in total. The van der Waals surface area contributed by atoms with Crippen LogP contribution in [-0.4, -0.2) is 29.5 Å². The lowest BCUT2D eigenvalue weighted by molar-refractivity contribution is 0.0928. The molecule has 1 aliphatic heterocycles. The third kappa shape index (κ3) is 2.68. The summed E-state index contributed by atoms with van der Waals surface area (Å²) in [5.41, 5.74) is 2.73. The molecule has 21 heavy (non-hydrogen) atoms. The maximum atomic E-state index is 12.7. The van der Waals surface area contributed by atoms with E-state index in [9.17, 15) is 4.79 Å². The van der Waals surface area contributed by atoms with Gasteiger partial charge in [-0.05, 0) is 38.8 Å². The zero-order valence-corrected chi connectivity index (χ0v) is 12.7. The van der Waals surface area contributed by atoms with Crippen molar-refractivity contribution >= 4 is 16.8 Å². The van der Waals surface area contributed by atoms with Crippen molar-refractivity contribution in [3.05, 3.63) is 35.5 Å². The van der Waals surface area contributed by atoms with Gasteiger partial charge in [-0.25, -0.2) is 0 Å². The van der Waals surface area contributed by atoms with Gasteiger partial charge in [0.05, 0.1) is 5.56 Å². The Balaban J connectivity index is 1.84. The molecule has 1 aliphatic rings. The van der Waals surface area contributed by atoms with Gasteiger partial charge in [0.1, 0.15) is 0 Å². The number of aromatic amines is 1. The molecule has 2 atom stereocenters. The van der Waals surface area contributed by atoms with Gasteiger partial charge in [0.2, 0.25) is 0 Å². The van der Waals surface area contributed by atoms with Crippen LogP contribution in [0.4, 0.5) is 0 Å². The highest BCUT2D eigenvalue weighted by molar-refractivity contribution is 6.08. The number of nitrogens with one attached hydrogen (secondary N) is 3. The number of aryl methyl sites for hydroxylation is 1. The Morgan fingerprint density at radius 3 is 2.95 bits per heavy atom. The van der Waals surface area contributed by atoms with Gasteiger partial charge in [-0.2, -0.15) is 0 Å². The van der Waals surface area contributed by atoms with Gasteiger partial charge in [-0.3, -0.25) is 4.79 Å². The van der Waals surface area contributed by atoms with E-state index in [2.05, 4.69) is 22.5 Å². The van der Waals surface area contributed by atoms with E-state index in [1.807, 2.05) is 31.2 Å². The van der Waals surface area contributed by atoms with Crippen LogP contribution in [0.25, 0.3) is 10.9 Å². The molecule has 2 unspecified atom stereocenters. The van der Waals surface area contributed by atoms with E-state index in [-0.39, 0.29) is 11.9 Å². The molecule has 0 aliphatic carbocycles. The van der Waals surface area contributed by atoms with E-state index in [4.69, 9.17) is 0 Å². The first-order valence-electron chi connectivity index (χ1n) is 7.82. The number of amides is 1. The van der Waals surface area contributed by atoms with Crippen LogP contribution in [0.5, 0.6) is 0 Å². The van der Waals surface area contributed by atoms with Gasteiger partial charge in [-0.1, -0.05) is 25.1 Å². The molecule has 1 saturated heterocycles. The average molecular weight is 285 g/mol. The predicted octanol–water partition coefficient (Wildman–Crippen LogP) is 2.74. The predicted molar refractivity (Wildman–Crippen MR) is 85.6 cm³/mol. The summed E-state index contributed by atoms with van der Waals surface area (Å²) in [4.78, 5) is 16.0. The Morgan fingerprint density at radius 2 is 2.24 bits per heavy atom. The van der Waals surface area contributed by atoms with E-state index in [1.54, 1.807) is 0 Å². The zero-order chi connectivity index (χ0) is 14.8. The van der Waals surface area contributed by atoms with Crippen LogP contribution in [-0.2, 0) is 0 Å². The molecule has 1 aromatic carbocycles. The molecular weight excluding hydrogens is 262 g/mol. The molecule has 2 aromatic rings. The summed E-state index contributed by atoms with van der Waals surface area (Å²) in [6, 6.07) is 8.58. The quantitative estimate of drug-likeness (QED) is 0.809. The van der Waals surface area contributed by atoms with Crippen LogP contribution in [0.1, 0.15) is 42.2 Å². The molecule has 3 rings (SSSR count). The number of fused-ring (bicyclic) bond motifs is 1. The van der Waals surface area contributed by atoms with E-state index in [0.717, 1.165) is 41.5 Å². The number of benzene rings is 1. The molecule has 3 N–H and O–H groups in total. The summed E-state index contributed by atoms with van der Waals surface area (Å²) in [6.07, 6.45) is 3.29. The van der Waals surface area contributed by atoms with Crippen LogP contribution < -0.4 is 10.6 Å². The Kier molecular flexibility index (Phi) is 3.97. The van der Waals surface area contributed by atoms with Crippen molar-refractivity contribution in [2.75, 3.05) is 6.54 Å². The summed E-state index contributed by atoms with van der Waals surface area (Å²) in [5.74, 6) is 0.0329. The minimum absolute atomic E-state index is 0.0329. The van der Waals surface area contributed by atoms with Gasteiger partial charge in [0.15, 0.2) is 0 Å². The summed E-state index contributed by atoms with van der Waals surface area (Å²) in [7, 11) is 0. The van der Waals surface area contributed by atoms with Gasteiger partial charge < -0.3 is 15.6 Å². The SMILES string of the molecule is CCC(NC(=O)c1c(C)[nH]c2ccccc12)C1CCCN1. The number of aromatic nitrogens is 1. The number of hydrogen-bond acceptors (Lipinski definition) is 2. The zero-order valence-electron chi connectivity index (χ0n) is 12.7. The number of rotatable bonds is 4. The van der Waals surface area contributed by atoms with Crippen LogP contribution in [0.15, 0.2) is 24.3 Å². The molecule has 0 bridgehead atoms. The highest BCUT2D eigenvalue weighted by atomic mass is 16.1. The van der Waals surface area contributed by atoms with E-state index in [0.29, 0.717) is 6.04 Å². The lowest BCUT2D eigenvalue weighted by Crippen LogP contribution is -2.47. The maximum Gasteiger partial charge on any atom is 0.253 e. The standard InChI is InChI=1S/C17H23N3O/c1-3-13(15-9-6-10-18-15)20-17(21)16-11(2)19-14-8-5-4-7-12(14)16/h4-5,7-8,13,15,18-19H,3,6,9-10H2,1-2H3,(H,20,21). The molecule has 1 fully saturated rings. The smallest absolute Gasteiger partial charge is 0.253 e. The largest absolute Gasteiger partial charge is 0.358 e. The third-order valence-corrected chi connectivity index (χ3v) is 4.46.